The Bertz CT molecular complexity index is 603. The maximum Gasteiger partial charge on any atom is 0.325 e. The van der Waals surface area contributed by atoms with Crippen molar-refractivity contribution < 1.29 is 19.5 Å². The van der Waals surface area contributed by atoms with Crippen molar-refractivity contribution in [3.05, 3.63) is 35.9 Å². The molecule has 2 rings (SSSR count). The number of hydrogen-bond acceptors (Lipinski definition) is 4. The van der Waals surface area contributed by atoms with Gasteiger partial charge in [-0.05, 0) is 11.5 Å². The summed E-state index contributed by atoms with van der Waals surface area (Å²) in [5, 5.41) is 14.5. The minimum atomic E-state index is -0.868. The average molecular weight is 333 g/mol. The Morgan fingerprint density at radius 2 is 1.96 bits per heavy atom. The number of rotatable bonds is 7. The average Bonchev–Trinajstić information content (AvgIpc) is 2.81. The summed E-state index contributed by atoms with van der Waals surface area (Å²) < 4.78 is 0. The van der Waals surface area contributed by atoms with Crippen molar-refractivity contribution in [1.29, 1.82) is 0 Å². The lowest BCUT2D eigenvalue weighted by Crippen LogP contribution is -2.44. The number of imide groups is 1. The fraction of sp³-hybridized carbons (Fsp3) is 0.471. The molecule has 1 fully saturated rings. The molecule has 1 heterocycles. The van der Waals surface area contributed by atoms with E-state index in [1.165, 1.54) is 0 Å². The number of carbonyl (C=O) groups is 3. The fourth-order valence-corrected chi connectivity index (χ4v) is 2.51. The number of amides is 4. The normalized spacial score (nSPS) is 18.7. The summed E-state index contributed by atoms with van der Waals surface area (Å²) in [7, 11) is 0. The predicted octanol–water partition coefficient (Wildman–Crippen LogP) is 0.630. The third-order valence-electron chi connectivity index (χ3n) is 4.03. The van der Waals surface area contributed by atoms with Gasteiger partial charge in [0.05, 0.1) is 25.6 Å². The topological polar surface area (TPSA) is 98.7 Å². The second kappa shape index (κ2) is 7.92. The summed E-state index contributed by atoms with van der Waals surface area (Å²) in [6.45, 7) is 3.76. The molecule has 0 unspecified atom stereocenters. The molecule has 1 saturated heterocycles. The van der Waals surface area contributed by atoms with Crippen LogP contribution < -0.4 is 10.6 Å². The molecule has 7 nitrogen and oxygen atoms in total. The van der Waals surface area contributed by atoms with E-state index in [1.54, 1.807) is 0 Å². The Morgan fingerprint density at radius 1 is 1.29 bits per heavy atom. The van der Waals surface area contributed by atoms with Gasteiger partial charge in [0.25, 0.3) is 5.91 Å². The zero-order valence-electron chi connectivity index (χ0n) is 13.9. The lowest BCUT2D eigenvalue weighted by atomic mass is 10.0. The molecule has 0 aliphatic carbocycles. The fourth-order valence-electron chi connectivity index (χ4n) is 2.51. The van der Waals surface area contributed by atoms with Crippen LogP contribution in [0, 0.1) is 5.92 Å². The summed E-state index contributed by atoms with van der Waals surface area (Å²) in [6, 6.07) is 7.44. The van der Waals surface area contributed by atoms with Crippen LogP contribution in [-0.2, 0) is 16.1 Å². The monoisotopic (exact) mass is 333 g/mol. The quantitative estimate of drug-likeness (QED) is 0.637. The van der Waals surface area contributed by atoms with E-state index < -0.39 is 18.0 Å². The van der Waals surface area contributed by atoms with E-state index in [0.717, 1.165) is 10.5 Å². The molecule has 7 heteroatoms. The number of hydrogen-bond donors (Lipinski definition) is 3. The van der Waals surface area contributed by atoms with Gasteiger partial charge in [0.2, 0.25) is 5.91 Å². The highest BCUT2D eigenvalue weighted by molar-refractivity contribution is 6.05. The highest BCUT2D eigenvalue weighted by Crippen LogP contribution is 2.14. The molecule has 1 aromatic carbocycles. The number of benzene rings is 1. The van der Waals surface area contributed by atoms with Crippen molar-refractivity contribution in [3.8, 4) is 0 Å². The molecule has 1 aliphatic heterocycles. The van der Waals surface area contributed by atoms with E-state index >= 15 is 0 Å². The number of carbonyl (C=O) groups excluding carboxylic acids is 3. The third kappa shape index (κ3) is 4.32. The van der Waals surface area contributed by atoms with E-state index in [-0.39, 0.29) is 37.4 Å². The second-order valence-corrected chi connectivity index (χ2v) is 6.22. The minimum Gasteiger partial charge on any atom is -0.394 e. The van der Waals surface area contributed by atoms with Crippen LogP contribution in [-0.4, -0.2) is 46.5 Å². The smallest absolute Gasteiger partial charge is 0.325 e. The van der Waals surface area contributed by atoms with Gasteiger partial charge < -0.3 is 15.7 Å². The predicted molar refractivity (Wildman–Crippen MR) is 87.8 cm³/mol. The van der Waals surface area contributed by atoms with Gasteiger partial charge in [-0.25, -0.2) is 4.79 Å². The lowest BCUT2D eigenvalue weighted by molar-refractivity contribution is -0.131. The van der Waals surface area contributed by atoms with Crippen LogP contribution in [0.25, 0.3) is 0 Å². The molecular weight excluding hydrogens is 310 g/mol. The number of aliphatic hydroxyl groups excluding tert-OH is 1. The molecule has 1 aromatic rings. The van der Waals surface area contributed by atoms with Crippen LogP contribution >= 0.6 is 0 Å². The summed E-state index contributed by atoms with van der Waals surface area (Å²) in [6.07, 6.45) is -0.140. The van der Waals surface area contributed by atoms with Crippen molar-refractivity contribution in [3.63, 3.8) is 0 Å². The van der Waals surface area contributed by atoms with Gasteiger partial charge in [-0.15, -0.1) is 0 Å². The van der Waals surface area contributed by atoms with E-state index in [1.807, 2.05) is 44.2 Å². The first-order valence-corrected chi connectivity index (χ1v) is 7.98. The number of urea groups is 1. The zero-order chi connectivity index (χ0) is 17.7. The van der Waals surface area contributed by atoms with E-state index in [4.69, 9.17) is 0 Å². The Kier molecular flexibility index (Phi) is 5.92. The van der Waals surface area contributed by atoms with Crippen LogP contribution in [0.5, 0.6) is 0 Å². The second-order valence-electron chi connectivity index (χ2n) is 6.22. The molecule has 2 atom stereocenters. The zero-order valence-corrected chi connectivity index (χ0v) is 13.9. The largest absolute Gasteiger partial charge is 0.394 e. The van der Waals surface area contributed by atoms with Gasteiger partial charge in [-0.1, -0.05) is 44.2 Å². The summed E-state index contributed by atoms with van der Waals surface area (Å²) >= 11 is 0. The Morgan fingerprint density at radius 3 is 2.54 bits per heavy atom. The maximum absolute atomic E-state index is 12.4. The SMILES string of the molecule is CC(C)[C@H](CO)NC(=O)C[C@H]1NC(=O)N(Cc2ccccc2)C1=O. The van der Waals surface area contributed by atoms with Crippen molar-refractivity contribution >= 4 is 17.8 Å². The number of nitrogens with zero attached hydrogens (tertiary/aromatic N) is 1. The molecule has 0 spiro atoms. The first-order valence-electron chi connectivity index (χ1n) is 7.98. The molecule has 0 bridgehead atoms. The van der Waals surface area contributed by atoms with Crippen molar-refractivity contribution in [2.75, 3.05) is 6.61 Å². The Labute approximate surface area is 141 Å². The van der Waals surface area contributed by atoms with Crippen molar-refractivity contribution in [1.82, 2.24) is 15.5 Å². The highest BCUT2D eigenvalue weighted by atomic mass is 16.3. The number of aliphatic hydroxyl groups is 1. The summed E-state index contributed by atoms with van der Waals surface area (Å²) in [5.74, 6) is -0.713. The highest BCUT2D eigenvalue weighted by Gasteiger charge is 2.39. The standard InChI is InChI=1S/C17H23N3O4/c1-11(2)14(10-21)18-15(22)8-13-16(23)20(17(24)19-13)9-12-6-4-3-5-7-12/h3-7,11,13-14,21H,8-10H2,1-2H3,(H,18,22)(H,19,24)/t13-,14+/m1/s1. The van der Waals surface area contributed by atoms with E-state index in [9.17, 15) is 19.5 Å². The Balaban J connectivity index is 1.94. The molecule has 3 N–H and O–H groups in total. The van der Waals surface area contributed by atoms with Gasteiger partial charge in [-0.3, -0.25) is 14.5 Å². The van der Waals surface area contributed by atoms with Gasteiger partial charge >= 0.3 is 6.03 Å². The van der Waals surface area contributed by atoms with Crippen LogP contribution in [0.3, 0.4) is 0 Å². The molecule has 0 aromatic heterocycles. The number of nitrogens with one attached hydrogen (secondary N) is 2. The molecule has 130 valence electrons. The molecular formula is C17H23N3O4. The summed E-state index contributed by atoms with van der Waals surface area (Å²) in [4.78, 5) is 37.5. The molecule has 1 aliphatic rings. The van der Waals surface area contributed by atoms with Crippen molar-refractivity contribution in [2.45, 2.75) is 38.9 Å². The molecule has 0 radical (unpaired) electrons. The maximum atomic E-state index is 12.4. The van der Waals surface area contributed by atoms with E-state index in [2.05, 4.69) is 10.6 Å². The first-order chi connectivity index (χ1) is 11.4. The van der Waals surface area contributed by atoms with Gasteiger partial charge in [0.1, 0.15) is 6.04 Å². The Hall–Kier alpha value is -2.41. The van der Waals surface area contributed by atoms with Gasteiger partial charge in [0, 0.05) is 0 Å². The lowest BCUT2D eigenvalue weighted by Gasteiger charge is -2.20. The third-order valence-corrected chi connectivity index (χ3v) is 4.03. The van der Waals surface area contributed by atoms with Crippen LogP contribution in [0.2, 0.25) is 0 Å². The van der Waals surface area contributed by atoms with Gasteiger partial charge in [0.15, 0.2) is 0 Å². The molecule has 24 heavy (non-hydrogen) atoms. The first kappa shape index (κ1) is 17.9. The van der Waals surface area contributed by atoms with Crippen molar-refractivity contribution in [2.24, 2.45) is 5.92 Å². The van der Waals surface area contributed by atoms with E-state index in [0.29, 0.717) is 0 Å². The van der Waals surface area contributed by atoms with Crippen LogP contribution in [0.15, 0.2) is 30.3 Å². The molecule has 0 saturated carbocycles. The van der Waals surface area contributed by atoms with Crippen LogP contribution in [0.1, 0.15) is 25.8 Å². The molecule has 4 amide bonds. The summed E-state index contributed by atoms with van der Waals surface area (Å²) in [5.41, 5.74) is 0.839. The minimum absolute atomic E-state index is 0.0717. The van der Waals surface area contributed by atoms with Crippen LogP contribution in [0.4, 0.5) is 4.79 Å². The van der Waals surface area contributed by atoms with Gasteiger partial charge in [-0.2, -0.15) is 0 Å².